The average molecular weight is 867 g/mol. The highest BCUT2D eigenvalue weighted by Crippen LogP contribution is 2.46. The van der Waals surface area contributed by atoms with Crippen molar-refractivity contribution in [1.29, 1.82) is 10.5 Å². The summed E-state index contributed by atoms with van der Waals surface area (Å²) in [5, 5.41) is 27.4. The lowest BCUT2D eigenvalue weighted by Crippen LogP contribution is -2.37. The second-order valence-corrected chi connectivity index (χ2v) is 18.0. The van der Waals surface area contributed by atoms with E-state index in [2.05, 4.69) is 63.0 Å². The first-order valence-corrected chi connectivity index (χ1v) is 21.9. The van der Waals surface area contributed by atoms with Crippen molar-refractivity contribution in [3.8, 4) is 34.9 Å². The van der Waals surface area contributed by atoms with E-state index in [0.717, 1.165) is 58.4 Å². The molecular formula is C47H48ClFN12O2. The number of amides is 2. The summed E-state index contributed by atoms with van der Waals surface area (Å²) >= 11 is 6.93. The molecule has 5 aromatic rings. The molecule has 2 aliphatic heterocycles. The number of fused-ring (bicyclic) bond motifs is 1. The van der Waals surface area contributed by atoms with E-state index in [1.807, 2.05) is 29.2 Å². The Kier molecular flexibility index (Phi) is 11.2. The molecule has 4 aliphatic rings. The molecule has 4 heterocycles. The maximum atomic E-state index is 15.3. The lowest BCUT2D eigenvalue weighted by molar-refractivity contribution is -0.125. The van der Waals surface area contributed by atoms with Gasteiger partial charge in [-0.05, 0) is 85.0 Å². The molecule has 2 amide bonds. The number of carbonyl (C=O) groups excluding carboxylic acids is 2. The quantitative estimate of drug-likeness (QED) is 0.109. The molecular weight excluding hydrogens is 819 g/mol. The first kappa shape index (κ1) is 42.1. The molecule has 14 nitrogen and oxygen atoms in total. The first-order chi connectivity index (χ1) is 30.5. The van der Waals surface area contributed by atoms with Crippen LogP contribution in [0.2, 0.25) is 5.02 Å². The number of nitrogens with two attached hydrogens (primary N) is 2. The van der Waals surface area contributed by atoms with Gasteiger partial charge in [-0.3, -0.25) is 9.59 Å². The van der Waals surface area contributed by atoms with Crippen LogP contribution in [0.4, 0.5) is 16.0 Å². The average Bonchev–Trinajstić information content (AvgIpc) is 4.21. The fraction of sp³-hybridized carbons (Fsp3) is 0.404. The van der Waals surface area contributed by atoms with Gasteiger partial charge in [-0.15, -0.1) is 0 Å². The largest absolute Gasteiger partial charge is 0.356 e. The van der Waals surface area contributed by atoms with Gasteiger partial charge in [-0.2, -0.15) is 10.5 Å². The fourth-order valence-corrected chi connectivity index (χ4v) is 8.83. The van der Waals surface area contributed by atoms with E-state index in [0.29, 0.717) is 84.7 Å². The second kappa shape index (κ2) is 16.8. The third-order valence-corrected chi connectivity index (χ3v) is 13.5. The normalized spacial score (nSPS) is 20.6. The minimum Gasteiger partial charge on any atom is -0.356 e. The highest BCUT2D eigenvalue weighted by molar-refractivity contribution is 6.31. The third kappa shape index (κ3) is 8.48. The van der Waals surface area contributed by atoms with Crippen molar-refractivity contribution < 1.29 is 14.0 Å². The van der Waals surface area contributed by atoms with E-state index in [4.69, 9.17) is 38.0 Å². The Hall–Kier alpha value is -6.26. The van der Waals surface area contributed by atoms with Gasteiger partial charge >= 0.3 is 0 Å². The van der Waals surface area contributed by atoms with Gasteiger partial charge in [0.25, 0.3) is 0 Å². The van der Waals surface area contributed by atoms with E-state index in [1.54, 1.807) is 12.4 Å². The number of alkyl halides is 1. The van der Waals surface area contributed by atoms with Gasteiger partial charge in [0.2, 0.25) is 11.8 Å². The van der Waals surface area contributed by atoms with Crippen molar-refractivity contribution in [2.45, 2.75) is 63.7 Å². The molecule has 63 heavy (non-hydrogen) atoms. The van der Waals surface area contributed by atoms with E-state index in [1.165, 1.54) is 0 Å². The predicted octanol–water partition coefficient (Wildman–Crippen LogP) is 5.50. The van der Waals surface area contributed by atoms with Crippen LogP contribution in [0.3, 0.4) is 0 Å². The lowest BCUT2D eigenvalue weighted by atomic mass is 9.99. The zero-order valence-corrected chi connectivity index (χ0v) is 35.6. The van der Waals surface area contributed by atoms with Gasteiger partial charge < -0.3 is 31.9 Å². The molecule has 3 aromatic carbocycles. The van der Waals surface area contributed by atoms with Gasteiger partial charge in [0.1, 0.15) is 28.1 Å². The van der Waals surface area contributed by atoms with E-state index in [-0.39, 0.29) is 44.4 Å². The zero-order chi connectivity index (χ0) is 43.9. The Morgan fingerprint density at radius 2 is 1.37 bits per heavy atom. The minimum absolute atomic E-state index is 0.0698. The number of hydrogen-bond acceptors (Lipinski definition) is 12. The van der Waals surface area contributed by atoms with Crippen molar-refractivity contribution in [3.05, 3.63) is 94.3 Å². The summed E-state index contributed by atoms with van der Waals surface area (Å²) in [6.07, 6.45) is 7.45. The number of halogens is 2. The smallest absolute Gasteiger partial charge is 0.240 e. The van der Waals surface area contributed by atoms with Gasteiger partial charge in [0, 0.05) is 85.4 Å². The van der Waals surface area contributed by atoms with Crippen LogP contribution in [0.15, 0.2) is 67.0 Å². The summed E-state index contributed by atoms with van der Waals surface area (Å²) in [4.78, 5) is 48.9. The molecule has 2 atom stereocenters. The summed E-state index contributed by atoms with van der Waals surface area (Å²) in [7, 11) is 0. The maximum absolute atomic E-state index is 15.3. The van der Waals surface area contributed by atoms with Gasteiger partial charge in [-0.25, -0.2) is 24.3 Å². The topological polar surface area (TPSA) is 216 Å². The Morgan fingerprint density at radius 3 is 1.92 bits per heavy atom. The van der Waals surface area contributed by atoms with Gasteiger partial charge in [0.15, 0.2) is 11.6 Å². The Bertz CT molecular complexity index is 2710. The van der Waals surface area contributed by atoms with Crippen LogP contribution in [0.25, 0.3) is 33.5 Å². The van der Waals surface area contributed by atoms with Crippen molar-refractivity contribution in [2.75, 3.05) is 49.1 Å². The van der Waals surface area contributed by atoms with Crippen LogP contribution < -0.4 is 31.9 Å². The molecule has 2 aromatic heterocycles. The Morgan fingerprint density at radius 1 is 0.778 bits per heavy atom. The third-order valence-electron chi connectivity index (χ3n) is 13.1. The molecule has 2 aliphatic carbocycles. The first-order valence-electron chi connectivity index (χ1n) is 21.5. The van der Waals surface area contributed by atoms with Crippen molar-refractivity contribution in [2.24, 2.45) is 28.2 Å². The van der Waals surface area contributed by atoms with E-state index in [9.17, 15) is 20.1 Å². The zero-order valence-electron chi connectivity index (χ0n) is 34.8. The molecule has 0 spiro atoms. The summed E-state index contributed by atoms with van der Waals surface area (Å²) in [6, 6.07) is 22.4. The fourth-order valence-electron chi connectivity index (χ4n) is 8.58. The molecule has 6 N–H and O–H groups in total. The Labute approximate surface area is 369 Å². The summed E-state index contributed by atoms with van der Waals surface area (Å²) in [6.45, 7) is 2.89. The van der Waals surface area contributed by atoms with Gasteiger partial charge in [0.05, 0.1) is 18.7 Å². The summed E-state index contributed by atoms with van der Waals surface area (Å²) in [5.74, 6) is 2.06. The Balaban J connectivity index is 0.917. The second-order valence-electron chi connectivity index (χ2n) is 17.6. The summed E-state index contributed by atoms with van der Waals surface area (Å²) in [5.41, 5.74) is 13.3. The molecule has 0 radical (unpaired) electrons. The SMILES string of the molecule is N#CC1(C(=O)NCc2cnc(-c3ccc4cc(Cc5ccc(-c6ncc(CNC(=O)C7(C#N)CC7)c(N7CCC(F)(CN)C7)n6)cc5Cl)ccc4c3)nc2N2CCC(CN)C2)CC1. The maximum Gasteiger partial charge on any atom is 0.240 e. The highest BCUT2D eigenvalue weighted by atomic mass is 35.5. The van der Waals surface area contributed by atoms with Crippen molar-refractivity contribution >= 4 is 45.8 Å². The van der Waals surface area contributed by atoms with Crippen molar-refractivity contribution in [3.63, 3.8) is 0 Å². The molecule has 0 bridgehead atoms. The van der Waals surface area contributed by atoms with Crippen LogP contribution in [-0.4, -0.2) is 76.7 Å². The molecule has 322 valence electrons. The van der Waals surface area contributed by atoms with Crippen LogP contribution in [0.5, 0.6) is 0 Å². The van der Waals surface area contributed by atoms with Crippen LogP contribution in [0, 0.1) is 39.4 Å². The predicted molar refractivity (Wildman–Crippen MR) is 238 cm³/mol. The number of nitrogens with zero attached hydrogens (tertiary/aromatic N) is 8. The molecule has 9 rings (SSSR count). The number of nitrogens with one attached hydrogen (secondary N) is 2. The molecule has 2 saturated heterocycles. The van der Waals surface area contributed by atoms with Gasteiger partial charge in [-0.1, -0.05) is 54.1 Å². The number of hydrogen-bond donors (Lipinski definition) is 4. The molecule has 2 saturated carbocycles. The molecule has 16 heteroatoms. The number of aromatic nitrogens is 4. The van der Waals surface area contributed by atoms with E-state index >= 15 is 4.39 Å². The number of nitriles is 2. The summed E-state index contributed by atoms with van der Waals surface area (Å²) < 4.78 is 15.3. The highest BCUT2D eigenvalue weighted by Gasteiger charge is 2.51. The number of anilines is 2. The van der Waals surface area contributed by atoms with Crippen molar-refractivity contribution in [1.82, 2.24) is 30.6 Å². The van der Waals surface area contributed by atoms with Crippen LogP contribution in [0.1, 0.15) is 60.8 Å². The van der Waals surface area contributed by atoms with E-state index < -0.39 is 16.5 Å². The number of rotatable bonds is 14. The lowest BCUT2D eigenvalue weighted by Gasteiger charge is -2.23. The van der Waals surface area contributed by atoms with Crippen LogP contribution >= 0.6 is 11.6 Å². The number of benzene rings is 3. The standard InChI is InChI=1S/C47H48ClFN12O2/c48-38-18-35(40-55-21-37(23-57-44(63)46(26-52)10-11-46)42(59-40)61-14-12-47(49,27-53)28-61)6-4-33(38)16-29-1-2-32-17-34(5-3-31(32)15-29)39-54-20-36(22-56-43(62)45(25-51)8-9-45)41(58-39)60-13-7-30(19-50)24-60/h1-6,15,17-18,20-21,30H,7-14,16,19,22-24,27-28,50,53H2,(H,56,62)(H,57,63). The molecule has 2 unspecified atom stereocenters. The molecule has 4 fully saturated rings. The monoisotopic (exact) mass is 866 g/mol. The minimum atomic E-state index is -1.55. The van der Waals surface area contributed by atoms with Crippen LogP contribution in [-0.2, 0) is 29.1 Å². The number of carbonyl (C=O) groups is 2.